The van der Waals surface area contributed by atoms with Crippen LogP contribution in [0.25, 0.3) is 0 Å². The highest BCUT2D eigenvalue weighted by Crippen LogP contribution is 2.29. The summed E-state index contributed by atoms with van der Waals surface area (Å²) in [6.45, 7) is 10.3. The van der Waals surface area contributed by atoms with Crippen LogP contribution in [0.2, 0.25) is 0 Å². The van der Waals surface area contributed by atoms with E-state index in [4.69, 9.17) is 13.8 Å². The number of alkyl halides is 3. The molecule has 1 aromatic heterocycles. The van der Waals surface area contributed by atoms with E-state index in [2.05, 4.69) is 4.98 Å². The lowest BCUT2D eigenvalue weighted by molar-refractivity contribution is -0.137. The fourth-order valence-corrected chi connectivity index (χ4v) is 0.647. The molecular weight excluding hydrogens is 167 g/mol. The van der Waals surface area contributed by atoms with Crippen molar-refractivity contribution in [3.8, 4) is 0 Å². The van der Waals surface area contributed by atoms with Gasteiger partial charge < -0.3 is 0 Å². The molecule has 1 aromatic rings. The number of halogens is 3. The minimum atomic E-state index is -4.42. The van der Waals surface area contributed by atoms with Gasteiger partial charge in [-0.15, -0.1) is 0 Å². The van der Waals surface area contributed by atoms with Gasteiger partial charge >= 0.3 is 6.18 Å². The quantitative estimate of drug-likeness (QED) is 0.583. The predicted molar refractivity (Wildman–Crippen MR) is 36.0 cm³/mol. The van der Waals surface area contributed by atoms with E-state index < -0.39 is 11.7 Å². The zero-order chi connectivity index (χ0) is 9.35. The average Bonchev–Trinajstić information content (AvgIpc) is 1.92. The maximum absolute atomic E-state index is 12.0. The zero-order valence-corrected chi connectivity index (χ0v) is 5.89. The molecule has 0 N–H and O–H groups in total. The van der Waals surface area contributed by atoms with E-state index in [0.29, 0.717) is 6.20 Å². The number of pyridine rings is 1. The lowest BCUT2D eigenvalue weighted by atomic mass is 10.1. The molecule has 0 fully saturated rings. The standard InChI is InChI=1S/C8H4F3N/c1-5-3-7(8(9,10)11)4-12-6(5)2/h1-4H. The van der Waals surface area contributed by atoms with Crippen molar-refractivity contribution in [1.82, 2.24) is 4.98 Å². The normalized spacial score (nSPS) is 11.8. The Bertz CT molecular complexity index is 291. The highest BCUT2D eigenvalue weighted by atomic mass is 19.4. The minimum absolute atomic E-state index is 0.0944. The van der Waals surface area contributed by atoms with Crippen molar-refractivity contribution < 1.29 is 13.2 Å². The number of aromatic nitrogens is 1. The summed E-state index contributed by atoms with van der Waals surface area (Å²) in [6, 6.07) is 0.752. The fraction of sp³-hybridized carbons (Fsp3) is 0.125. The summed E-state index contributed by atoms with van der Waals surface area (Å²) < 4.78 is 35.9. The second-order valence-electron chi connectivity index (χ2n) is 2.20. The van der Waals surface area contributed by atoms with Crippen LogP contribution in [0.1, 0.15) is 16.8 Å². The molecule has 4 radical (unpaired) electrons. The third kappa shape index (κ3) is 1.75. The third-order valence-electron chi connectivity index (χ3n) is 1.28. The summed E-state index contributed by atoms with van der Waals surface area (Å²) in [4.78, 5) is 3.28. The third-order valence-corrected chi connectivity index (χ3v) is 1.28. The van der Waals surface area contributed by atoms with Crippen molar-refractivity contribution in [2.24, 2.45) is 0 Å². The summed E-state index contributed by atoms with van der Waals surface area (Å²) >= 11 is 0. The molecular formula is C8H4F3N. The Morgan fingerprint density at radius 1 is 1.25 bits per heavy atom. The van der Waals surface area contributed by atoms with E-state index in [1.54, 1.807) is 0 Å². The van der Waals surface area contributed by atoms with E-state index in [0.717, 1.165) is 6.07 Å². The molecule has 0 unspecified atom stereocenters. The predicted octanol–water partition coefficient (Wildman–Crippen LogP) is 2.22. The Balaban J connectivity index is 3.14. The van der Waals surface area contributed by atoms with E-state index in [-0.39, 0.29) is 11.3 Å². The van der Waals surface area contributed by atoms with E-state index >= 15 is 0 Å². The molecule has 0 aliphatic rings. The maximum Gasteiger partial charge on any atom is 0.417 e. The van der Waals surface area contributed by atoms with Crippen LogP contribution < -0.4 is 0 Å². The molecule has 0 saturated heterocycles. The van der Waals surface area contributed by atoms with Crippen LogP contribution >= 0.6 is 0 Å². The molecule has 1 rings (SSSR count). The first kappa shape index (κ1) is 9.03. The average molecular weight is 171 g/mol. The summed E-state index contributed by atoms with van der Waals surface area (Å²) in [6.07, 6.45) is -3.78. The lowest BCUT2D eigenvalue weighted by Gasteiger charge is -2.07. The highest BCUT2D eigenvalue weighted by molar-refractivity contribution is 5.30. The number of hydrogen-bond acceptors (Lipinski definition) is 1. The molecule has 4 heteroatoms. The van der Waals surface area contributed by atoms with E-state index in [9.17, 15) is 13.2 Å². The Kier molecular flexibility index (Phi) is 2.08. The summed E-state index contributed by atoms with van der Waals surface area (Å²) in [5.41, 5.74) is -1.15. The van der Waals surface area contributed by atoms with Crippen LogP contribution in [-0.4, -0.2) is 4.98 Å². The van der Waals surface area contributed by atoms with Crippen LogP contribution in [0, 0.1) is 13.8 Å². The molecule has 0 atom stereocenters. The first-order valence-corrected chi connectivity index (χ1v) is 2.99. The Labute approximate surface area is 68.2 Å². The van der Waals surface area contributed by atoms with Crippen LogP contribution in [0.5, 0.6) is 0 Å². The van der Waals surface area contributed by atoms with Gasteiger partial charge in [0.2, 0.25) is 0 Å². The fourth-order valence-electron chi connectivity index (χ4n) is 0.647. The van der Waals surface area contributed by atoms with Crippen LogP contribution in [-0.2, 0) is 6.18 Å². The van der Waals surface area contributed by atoms with Crippen LogP contribution in [0.3, 0.4) is 0 Å². The second kappa shape index (κ2) is 2.77. The van der Waals surface area contributed by atoms with Gasteiger partial charge in [-0.25, -0.2) is 0 Å². The van der Waals surface area contributed by atoms with Crippen molar-refractivity contribution in [1.29, 1.82) is 0 Å². The first-order valence-electron chi connectivity index (χ1n) is 2.99. The zero-order valence-electron chi connectivity index (χ0n) is 5.89. The van der Waals surface area contributed by atoms with Gasteiger partial charge in [0, 0.05) is 25.7 Å². The molecule has 1 nitrogen and oxygen atoms in total. The van der Waals surface area contributed by atoms with Crippen molar-refractivity contribution in [3.05, 3.63) is 42.9 Å². The topological polar surface area (TPSA) is 12.9 Å². The summed E-state index contributed by atoms with van der Waals surface area (Å²) in [5.74, 6) is 0. The van der Waals surface area contributed by atoms with Crippen molar-refractivity contribution in [2.75, 3.05) is 0 Å². The van der Waals surface area contributed by atoms with Crippen LogP contribution in [0.4, 0.5) is 13.2 Å². The molecule has 0 bridgehead atoms. The number of rotatable bonds is 0. The van der Waals surface area contributed by atoms with Crippen molar-refractivity contribution in [2.45, 2.75) is 6.18 Å². The van der Waals surface area contributed by atoms with Gasteiger partial charge in [-0.3, -0.25) is 4.98 Å². The molecule has 0 amide bonds. The maximum atomic E-state index is 12.0. The molecule has 62 valence electrons. The first-order chi connectivity index (χ1) is 5.41. The van der Waals surface area contributed by atoms with Gasteiger partial charge in [-0.2, -0.15) is 13.2 Å². The van der Waals surface area contributed by atoms with Gasteiger partial charge in [0.15, 0.2) is 0 Å². The molecule has 1 heterocycles. The van der Waals surface area contributed by atoms with Crippen LogP contribution in [0.15, 0.2) is 12.3 Å². The van der Waals surface area contributed by atoms with E-state index in [1.165, 1.54) is 0 Å². The summed E-state index contributed by atoms with van der Waals surface area (Å²) in [5, 5.41) is 0. The molecule has 12 heavy (non-hydrogen) atoms. The smallest absolute Gasteiger partial charge is 0.260 e. The molecule has 0 spiro atoms. The van der Waals surface area contributed by atoms with Crippen molar-refractivity contribution >= 4 is 0 Å². The summed E-state index contributed by atoms with van der Waals surface area (Å²) in [7, 11) is 0. The monoisotopic (exact) mass is 171 g/mol. The Hall–Kier alpha value is -1.06. The Morgan fingerprint density at radius 3 is 2.25 bits per heavy atom. The van der Waals surface area contributed by atoms with Gasteiger partial charge in [0.25, 0.3) is 0 Å². The SMILES string of the molecule is [CH]c1cc(C(F)(F)F)cnc1[CH]. The van der Waals surface area contributed by atoms with E-state index in [1.807, 2.05) is 0 Å². The molecule has 0 aliphatic heterocycles. The largest absolute Gasteiger partial charge is 0.417 e. The number of nitrogens with zero attached hydrogens (tertiary/aromatic N) is 1. The second-order valence-corrected chi connectivity index (χ2v) is 2.20. The minimum Gasteiger partial charge on any atom is -0.260 e. The highest BCUT2D eigenvalue weighted by Gasteiger charge is 2.30. The van der Waals surface area contributed by atoms with Gasteiger partial charge in [0.05, 0.1) is 5.56 Å². The van der Waals surface area contributed by atoms with Gasteiger partial charge in [-0.1, -0.05) is 0 Å². The van der Waals surface area contributed by atoms with Gasteiger partial charge in [-0.05, 0) is 11.6 Å². The molecule has 0 saturated carbocycles. The number of hydrogen-bond donors (Lipinski definition) is 0. The van der Waals surface area contributed by atoms with Gasteiger partial charge in [0.1, 0.15) is 0 Å². The molecule has 0 aliphatic carbocycles. The van der Waals surface area contributed by atoms with Crippen molar-refractivity contribution in [3.63, 3.8) is 0 Å². The Morgan fingerprint density at radius 2 is 1.83 bits per heavy atom. The lowest BCUT2D eigenvalue weighted by Crippen LogP contribution is -2.06. The molecule has 0 aromatic carbocycles.